The zero-order chi connectivity index (χ0) is 15.4. The van der Waals surface area contributed by atoms with Gasteiger partial charge in [0.15, 0.2) is 0 Å². The molecule has 0 bridgehead atoms. The number of rotatable bonds is 4. The van der Waals surface area contributed by atoms with Crippen LogP contribution in [-0.2, 0) is 11.2 Å². The Bertz CT molecular complexity index is 638. The first-order valence-corrected chi connectivity index (χ1v) is 6.95. The zero-order valence-electron chi connectivity index (χ0n) is 12.1. The van der Waals surface area contributed by atoms with E-state index in [-0.39, 0.29) is 5.91 Å². The SMILES string of the molecule is CN(C)c1c(Cl)cccc1NC(=O)Cc1ccc(N)cc1. The van der Waals surface area contributed by atoms with E-state index in [1.807, 2.05) is 43.3 Å². The second-order valence-electron chi connectivity index (χ2n) is 5.00. The van der Waals surface area contributed by atoms with Crippen molar-refractivity contribution in [2.45, 2.75) is 6.42 Å². The number of amides is 1. The van der Waals surface area contributed by atoms with Crippen LogP contribution in [0.1, 0.15) is 5.56 Å². The quantitative estimate of drug-likeness (QED) is 0.853. The maximum Gasteiger partial charge on any atom is 0.228 e. The Morgan fingerprint density at radius 2 is 1.86 bits per heavy atom. The highest BCUT2D eigenvalue weighted by atomic mass is 35.5. The van der Waals surface area contributed by atoms with Gasteiger partial charge in [0.1, 0.15) is 0 Å². The van der Waals surface area contributed by atoms with Crippen LogP contribution < -0.4 is 16.0 Å². The van der Waals surface area contributed by atoms with E-state index in [9.17, 15) is 4.79 Å². The third kappa shape index (κ3) is 3.89. The number of hydrogen-bond donors (Lipinski definition) is 2. The second-order valence-corrected chi connectivity index (χ2v) is 5.40. The lowest BCUT2D eigenvalue weighted by Crippen LogP contribution is -2.18. The van der Waals surface area contributed by atoms with Crippen molar-refractivity contribution in [1.82, 2.24) is 0 Å². The lowest BCUT2D eigenvalue weighted by Gasteiger charge is -2.19. The summed E-state index contributed by atoms with van der Waals surface area (Å²) in [6.07, 6.45) is 0.291. The molecule has 0 saturated heterocycles. The largest absolute Gasteiger partial charge is 0.399 e. The maximum atomic E-state index is 12.1. The number of nitrogen functional groups attached to an aromatic ring is 1. The van der Waals surface area contributed by atoms with Gasteiger partial charge in [-0.05, 0) is 29.8 Å². The van der Waals surface area contributed by atoms with Gasteiger partial charge in [-0.1, -0.05) is 29.8 Å². The predicted molar refractivity (Wildman–Crippen MR) is 89.0 cm³/mol. The highest BCUT2D eigenvalue weighted by Gasteiger charge is 2.12. The van der Waals surface area contributed by atoms with Crippen LogP contribution in [0, 0.1) is 0 Å². The highest BCUT2D eigenvalue weighted by Crippen LogP contribution is 2.32. The Morgan fingerprint density at radius 3 is 2.48 bits per heavy atom. The topological polar surface area (TPSA) is 58.4 Å². The Kier molecular flexibility index (Phi) is 4.70. The first-order chi connectivity index (χ1) is 9.97. The smallest absolute Gasteiger partial charge is 0.228 e. The monoisotopic (exact) mass is 303 g/mol. The van der Waals surface area contributed by atoms with Gasteiger partial charge < -0.3 is 16.0 Å². The van der Waals surface area contributed by atoms with Crippen molar-refractivity contribution in [2.24, 2.45) is 0 Å². The van der Waals surface area contributed by atoms with Crippen molar-refractivity contribution in [1.29, 1.82) is 0 Å². The third-order valence-electron chi connectivity index (χ3n) is 3.05. The van der Waals surface area contributed by atoms with Gasteiger partial charge in [-0.25, -0.2) is 0 Å². The van der Waals surface area contributed by atoms with E-state index in [0.717, 1.165) is 11.3 Å². The average molecular weight is 304 g/mol. The molecule has 0 saturated carbocycles. The fourth-order valence-electron chi connectivity index (χ4n) is 2.09. The first kappa shape index (κ1) is 15.2. The Labute approximate surface area is 129 Å². The van der Waals surface area contributed by atoms with Crippen molar-refractivity contribution in [2.75, 3.05) is 30.0 Å². The number of para-hydroxylation sites is 1. The lowest BCUT2D eigenvalue weighted by molar-refractivity contribution is -0.115. The number of anilines is 3. The van der Waals surface area contributed by atoms with Crippen LogP contribution in [0.15, 0.2) is 42.5 Å². The van der Waals surface area contributed by atoms with Crippen LogP contribution in [-0.4, -0.2) is 20.0 Å². The third-order valence-corrected chi connectivity index (χ3v) is 3.36. The lowest BCUT2D eigenvalue weighted by atomic mass is 10.1. The van der Waals surface area contributed by atoms with Crippen LogP contribution in [0.3, 0.4) is 0 Å². The molecule has 21 heavy (non-hydrogen) atoms. The number of nitrogens with zero attached hydrogens (tertiary/aromatic N) is 1. The highest BCUT2D eigenvalue weighted by molar-refractivity contribution is 6.34. The van der Waals surface area contributed by atoms with E-state index < -0.39 is 0 Å². The number of benzene rings is 2. The van der Waals surface area contributed by atoms with Crippen LogP contribution in [0.5, 0.6) is 0 Å². The van der Waals surface area contributed by atoms with Crippen molar-refractivity contribution in [3.8, 4) is 0 Å². The molecule has 4 nitrogen and oxygen atoms in total. The minimum atomic E-state index is -0.0925. The molecule has 0 fully saturated rings. The van der Waals surface area contributed by atoms with E-state index in [1.165, 1.54) is 0 Å². The zero-order valence-corrected chi connectivity index (χ0v) is 12.8. The molecular weight excluding hydrogens is 286 g/mol. The summed E-state index contributed by atoms with van der Waals surface area (Å²) in [4.78, 5) is 14.0. The number of nitrogens with one attached hydrogen (secondary N) is 1. The van der Waals surface area contributed by atoms with Gasteiger partial charge in [0.25, 0.3) is 0 Å². The van der Waals surface area contributed by atoms with E-state index in [0.29, 0.717) is 22.8 Å². The molecule has 1 amide bonds. The van der Waals surface area contributed by atoms with Crippen molar-refractivity contribution in [3.05, 3.63) is 53.1 Å². The van der Waals surface area contributed by atoms with E-state index in [2.05, 4.69) is 5.32 Å². The van der Waals surface area contributed by atoms with Gasteiger partial charge in [-0.15, -0.1) is 0 Å². The van der Waals surface area contributed by atoms with Gasteiger partial charge in [0, 0.05) is 19.8 Å². The maximum absolute atomic E-state index is 12.1. The number of nitrogens with two attached hydrogens (primary N) is 1. The molecule has 3 N–H and O–H groups in total. The first-order valence-electron chi connectivity index (χ1n) is 6.57. The van der Waals surface area contributed by atoms with Crippen LogP contribution in [0.25, 0.3) is 0 Å². The molecule has 5 heteroatoms. The molecule has 110 valence electrons. The fourth-order valence-corrected chi connectivity index (χ4v) is 2.43. The second kappa shape index (κ2) is 6.50. The molecule has 0 radical (unpaired) electrons. The molecule has 2 rings (SSSR count). The molecule has 0 heterocycles. The van der Waals surface area contributed by atoms with Gasteiger partial charge in [0.05, 0.1) is 22.8 Å². The van der Waals surface area contributed by atoms with Crippen LogP contribution in [0.4, 0.5) is 17.1 Å². The summed E-state index contributed by atoms with van der Waals surface area (Å²) in [5.74, 6) is -0.0925. The summed E-state index contributed by atoms with van der Waals surface area (Å²) >= 11 is 6.18. The minimum absolute atomic E-state index is 0.0925. The summed E-state index contributed by atoms with van der Waals surface area (Å²) in [5, 5.41) is 3.50. The van der Waals surface area contributed by atoms with Gasteiger partial charge >= 0.3 is 0 Å². The van der Waals surface area contributed by atoms with Crippen molar-refractivity contribution >= 4 is 34.6 Å². The average Bonchev–Trinajstić information content (AvgIpc) is 2.41. The molecule has 0 aliphatic heterocycles. The molecule has 0 atom stereocenters. The molecular formula is C16H18ClN3O. The number of carbonyl (C=O) groups excluding carboxylic acids is 1. The summed E-state index contributed by atoms with van der Waals surface area (Å²) in [5.41, 5.74) is 8.72. The van der Waals surface area contributed by atoms with Gasteiger partial charge in [0.2, 0.25) is 5.91 Å². The molecule has 0 aliphatic carbocycles. The van der Waals surface area contributed by atoms with Crippen molar-refractivity contribution in [3.63, 3.8) is 0 Å². The standard InChI is InChI=1S/C16H18ClN3O/c1-20(2)16-13(17)4-3-5-14(16)19-15(21)10-11-6-8-12(18)9-7-11/h3-9H,10,18H2,1-2H3,(H,19,21). The van der Waals surface area contributed by atoms with Gasteiger partial charge in [-0.2, -0.15) is 0 Å². The van der Waals surface area contributed by atoms with Crippen LogP contribution in [0.2, 0.25) is 5.02 Å². The fraction of sp³-hybridized carbons (Fsp3) is 0.188. The van der Waals surface area contributed by atoms with Gasteiger partial charge in [-0.3, -0.25) is 4.79 Å². The molecule has 0 aromatic heterocycles. The number of hydrogen-bond acceptors (Lipinski definition) is 3. The summed E-state index contributed by atoms with van der Waals surface area (Å²) in [6, 6.07) is 12.7. The van der Waals surface area contributed by atoms with E-state index in [4.69, 9.17) is 17.3 Å². The van der Waals surface area contributed by atoms with E-state index in [1.54, 1.807) is 18.2 Å². The predicted octanol–water partition coefficient (Wildman–Crippen LogP) is 3.17. The summed E-state index contributed by atoms with van der Waals surface area (Å²) in [6.45, 7) is 0. The minimum Gasteiger partial charge on any atom is -0.399 e. The normalized spacial score (nSPS) is 10.2. The van der Waals surface area contributed by atoms with E-state index >= 15 is 0 Å². The molecule has 0 unspecified atom stereocenters. The molecule has 0 aliphatic rings. The molecule has 2 aromatic rings. The molecule has 2 aromatic carbocycles. The summed E-state index contributed by atoms with van der Waals surface area (Å²) in [7, 11) is 3.77. The van der Waals surface area contributed by atoms with Crippen molar-refractivity contribution < 1.29 is 4.79 Å². The Balaban J connectivity index is 2.13. The summed E-state index contributed by atoms with van der Waals surface area (Å²) < 4.78 is 0. The Hall–Kier alpha value is -2.20. The molecule has 0 spiro atoms. The van der Waals surface area contributed by atoms with Crippen LogP contribution >= 0.6 is 11.6 Å². The Morgan fingerprint density at radius 1 is 1.19 bits per heavy atom. The number of halogens is 1. The number of carbonyl (C=O) groups is 1.